The molecule has 2 aromatic rings. The van der Waals surface area contributed by atoms with Crippen LogP contribution < -0.4 is 0 Å². The minimum Gasteiger partial charge on any atom is -0.392 e. The molecule has 32 heavy (non-hydrogen) atoms. The van der Waals surface area contributed by atoms with Crippen LogP contribution in [0, 0.1) is 11.2 Å². The summed E-state index contributed by atoms with van der Waals surface area (Å²) in [7, 11) is -1.36. The van der Waals surface area contributed by atoms with Crippen LogP contribution >= 0.6 is 10.3 Å². The van der Waals surface area contributed by atoms with Gasteiger partial charge in [0.2, 0.25) is 0 Å². The number of aliphatic hydroxyl groups is 1. The number of aliphatic hydroxyl groups excluding tert-OH is 1. The molecule has 0 saturated heterocycles. The summed E-state index contributed by atoms with van der Waals surface area (Å²) in [4.78, 5) is 0. The lowest BCUT2D eigenvalue weighted by Gasteiger charge is -2.49. The third-order valence-corrected chi connectivity index (χ3v) is 10.7. The van der Waals surface area contributed by atoms with Crippen molar-refractivity contribution in [2.45, 2.75) is 84.7 Å². The minimum absolute atomic E-state index is 0.0425. The fraction of sp³-hybridized carbons (Fsp3) is 0.571. The van der Waals surface area contributed by atoms with Crippen molar-refractivity contribution >= 4 is 10.3 Å². The summed E-state index contributed by atoms with van der Waals surface area (Å²) in [5.41, 5.74) is 6.71. The molecule has 1 aliphatic rings. The first-order valence-electron chi connectivity index (χ1n) is 11.6. The highest BCUT2D eigenvalue weighted by Gasteiger charge is 2.40. The van der Waals surface area contributed by atoms with Crippen molar-refractivity contribution in [3.63, 3.8) is 0 Å². The smallest absolute Gasteiger partial charge is 0.123 e. The summed E-state index contributed by atoms with van der Waals surface area (Å²) in [6.45, 7) is 15.7. The second-order valence-corrected chi connectivity index (χ2v) is 15.6. The zero-order valence-electron chi connectivity index (χ0n) is 21.3. The largest absolute Gasteiger partial charge is 0.392 e. The molecule has 0 aliphatic heterocycles. The van der Waals surface area contributed by atoms with E-state index in [0.717, 1.165) is 29.5 Å². The third kappa shape index (κ3) is 4.93. The van der Waals surface area contributed by atoms with Crippen LogP contribution in [-0.4, -0.2) is 22.4 Å². The lowest BCUT2D eigenvalue weighted by atomic mass is 9.69. The van der Waals surface area contributed by atoms with Crippen molar-refractivity contribution in [3.05, 3.63) is 58.4 Å². The molecule has 0 aromatic heterocycles. The molecule has 1 atom stereocenters. The summed E-state index contributed by atoms with van der Waals surface area (Å²) in [5, 5.41) is 10.5. The van der Waals surface area contributed by atoms with Crippen LogP contribution in [0.5, 0.6) is 0 Å². The van der Waals surface area contributed by atoms with Gasteiger partial charge in [-0.15, -0.1) is 10.3 Å². The molecule has 0 saturated carbocycles. The predicted octanol–water partition coefficient (Wildman–Crippen LogP) is 7.92. The topological polar surface area (TPSA) is 29.5 Å². The Morgan fingerprint density at radius 3 is 2.25 bits per heavy atom. The lowest BCUT2D eigenvalue weighted by molar-refractivity contribution is 0.135. The maximum atomic E-state index is 13.8. The quantitative estimate of drug-likeness (QED) is 0.491. The molecule has 0 spiro atoms. The van der Waals surface area contributed by atoms with E-state index in [1.54, 1.807) is 0 Å². The molecule has 2 aromatic carbocycles. The van der Waals surface area contributed by atoms with Gasteiger partial charge in [-0.3, -0.25) is 0 Å². The number of hydrogen-bond donors (Lipinski definition) is 1. The average Bonchev–Trinajstić information content (AvgIpc) is 2.65. The number of hydrogen-bond acceptors (Lipinski definition) is 2. The van der Waals surface area contributed by atoms with Crippen LogP contribution in [0.4, 0.5) is 4.39 Å². The molecule has 0 heterocycles. The van der Waals surface area contributed by atoms with Crippen LogP contribution in [0.1, 0.15) is 89.2 Å². The first-order chi connectivity index (χ1) is 14.7. The van der Waals surface area contributed by atoms with Gasteiger partial charge in [0, 0.05) is 4.75 Å². The van der Waals surface area contributed by atoms with Gasteiger partial charge < -0.3 is 9.29 Å². The van der Waals surface area contributed by atoms with Gasteiger partial charge in [0.15, 0.2) is 0 Å². The van der Waals surface area contributed by atoms with Gasteiger partial charge in [0.25, 0.3) is 0 Å². The van der Waals surface area contributed by atoms with Gasteiger partial charge >= 0.3 is 0 Å². The average molecular weight is 461 g/mol. The fourth-order valence-electron chi connectivity index (χ4n) is 4.67. The Morgan fingerprint density at radius 2 is 1.75 bits per heavy atom. The van der Waals surface area contributed by atoms with Crippen molar-refractivity contribution in [3.8, 4) is 11.1 Å². The van der Waals surface area contributed by atoms with Crippen LogP contribution in [0.3, 0.4) is 0 Å². The molecule has 0 radical (unpaired) electrons. The molecule has 0 bridgehead atoms. The second kappa shape index (κ2) is 8.77. The molecule has 1 unspecified atom stereocenters. The third-order valence-electron chi connectivity index (χ3n) is 7.07. The molecule has 178 valence electrons. The van der Waals surface area contributed by atoms with Gasteiger partial charge in [0.1, 0.15) is 5.82 Å². The van der Waals surface area contributed by atoms with Crippen LogP contribution in [0.25, 0.3) is 11.1 Å². The molecular formula is C28H41FO2S. The maximum absolute atomic E-state index is 13.8. The number of benzene rings is 2. The summed E-state index contributed by atoms with van der Waals surface area (Å²) in [6, 6.07) is 9.00. The molecule has 2 nitrogen and oxygen atoms in total. The maximum Gasteiger partial charge on any atom is 0.123 e. The summed E-state index contributed by atoms with van der Waals surface area (Å²) in [6.07, 6.45) is 6.33. The first kappa shape index (κ1) is 25.3. The van der Waals surface area contributed by atoms with Gasteiger partial charge in [0.05, 0.1) is 12.7 Å². The molecule has 0 amide bonds. The van der Waals surface area contributed by atoms with Crippen LogP contribution in [0.15, 0.2) is 30.3 Å². The summed E-state index contributed by atoms with van der Waals surface area (Å²) >= 11 is 0. The SMILES string of the molecule is CC(C)c1cc2c(c(-c3ccc(F)cc3)c1CO)C(OS(C)(C)C(C)(C)C)CC(C)(C)C2. The second-order valence-electron chi connectivity index (χ2n) is 11.7. The molecule has 3 rings (SSSR count). The highest BCUT2D eigenvalue weighted by atomic mass is 32.3. The van der Waals surface area contributed by atoms with Crippen molar-refractivity contribution in [2.75, 3.05) is 12.5 Å². The monoisotopic (exact) mass is 460 g/mol. The van der Waals surface area contributed by atoms with E-state index in [4.69, 9.17) is 4.18 Å². The van der Waals surface area contributed by atoms with Crippen molar-refractivity contribution in [1.29, 1.82) is 0 Å². The van der Waals surface area contributed by atoms with Gasteiger partial charge in [-0.05, 0) is 82.2 Å². The Hall–Kier alpha value is -1.36. The van der Waals surface area contributed by atoms with Crippen molar-refractivity contribution < 1.29 is 13.7 Å². The molecule has 4 heteroatoms. The van der Waals surface area contributed by atoms with E-state index in [2.05, 4.69) is 67.0 Å². The van der Waals surface area contributed by atoms with E-state index >= 15 is 0 Å². The normalized spacial score (nSPS) is 19.2. The van der Waals surface area contributed by atoms with E-state index in [9.17, 15) is 9.50 Å². The number of fused-ring (bicyclic) bond motifs is 1. The molecular weight excluding hydrogens is 419 g/mol. The van der Waals surface area contributed by atoms with Crippen LogP contribution in [0.2, 0.25) is 0 Å². The Balaban J connectivity index is 2.33. The number of rotatable bonds is 5. The Bertz CT molecular complexity index is 968. The molecule has 0 fully saturated rings. The Morgan fingerprint density at radius 1 is 1.16 bits per heavy atom. The van der Waals surface area contributed by atoms with E-state index in [1.165, 1.54) is 28.8 Å². The molecule has 1 N–H and O–H groups in total. The minimum atomic E-state index is -1.36. The Labute approximate surface area is 196 Å². The fourth-order valence-corrected chi connectivity index (χ4v) is 5.71. The van der Waals surface area contributed by atoms with E-state index in [-0.39, 0.29) is 34.6 Å². The zero-order chi connectivity index (χ0) is 24.1. The molecule has 1 aliphatic carbocycles. The highest BCUT2D eigenvalue weighted by Crippen LogP contribution is 2.60. The zero-order valence-corrected chi connectivity index (χ0v) is 22.1. The number of halogens is 1. The van der Waals surface area contributed by atoms with Gasteiger partial charge in [-0.2, -0.15) is 0 Å². The van der Waals surface area contributed by atoms with E-state index in [0.29, 0.717) is 0 Å². The van der Waals surface area contributed by atoms with Gasteiger partial charge in [-0.25, -0.2) is 4.39 Å². The highest BCUT2D eigenvalue weighted by molar-refractivity contribution is 8.29. The first-order valence-corrected chi connectivity index (χ1v) is 14.0. The van der Waals surface area contributed by atoms with Crippen LogP contribution in [-0.2, 0) is 17.2 Å². The predicted molar refractivity (Wildman–Crippen MR) is 137 cm³/mol. The van der Waals surface area contributed by atoms with E-state index in [1.807, 2.05) is 12.1 Å². The van der Waals surface area contributed by atoms with Crippen molar-refractivity contribution in [2.24, 2.45) is 5.41 Å². The van der Waals surface area contributed by atoms with Gasteiger partial charge in [-0.1, -0.05) is 66.7 Å². The standard InChI is InChI=1S/C28H41FO2S/c1-18(2)22-14-20-15-28(6,7)16-24(31-32(8,9)27(3,4)5)26(20)25(23(22)17-30)19-10-12-21(29)13-11-19/h10-14,18,24,30H,15-17H2,1-9H3. The lowest BCUT2D eigenvalue weighted by Crippen LogP contribution is -2.32. The Kier molecular flexibility index (Phi) is 6.93. The summed E-state index contributed by atoms with van der Waals surface area (Å²) in [5.74, 6) is 0.0307. The summed E-state index contributed by atoms with van der Waals surface area (Å²) < 4.78 is 20.9. The van der Waals surface area contributed by atoms with E-state index < -0.39 is 10.3 Å². The van der Waals surface area contributed by atoms with Crippen molar-refractivity contribution in [1.82, 2.24) is 0 Å².